The van der Waals surface area contributed by atoms with E-state index in [-0.39, 0.29) is 5.82 Å². The number of pyridine rings is 1. The van der Waals surface area contributed by atoms with Crippen LogP contribution >= 0.6 is 15.9 Å². The SMILES string of the molecule is Cc1cncc(NCc2ccc(F)cc2Br)c1. The minimum absolute atomic E-state index is 0.238. The van der Waals surface area contributed by atoms with Gasteiger partial charge in [-0.2, -0.15) is 0 Å². The predicted molar refractivity (Wildman–Crippen MR) is 70.4 cm³/mol. The predicted octanol–water partition coefficient (Wildman–Crippen LogP) is 3.90. The molecule has 1 heterocycles. The van der Waals surface area contributed by atoms with E-state index in [1.165, 1.54) is 12.1 Å². The smallest absolute Gasteiger partial charge is 0.124 e. The Hall–Kier alpha value is -1.42. The van der Waals surface area contributed by atoms with Crippen molar-refractivity contribution in [2.45, 2.75) is 13.5 Å². The van der Waals surface area contributed by atoms with Gasteiger partial charge in [0.2, 0.25) is 0 Å². The molecule has 0 aliphatic heterocycles. The summed E-state index contributed by atoms with van der Waals surface area (Å²) in [5.41, 5.74) is 3.07. The van der Waals surface area contributed by atoms with E-state index in [2.05, 4.69) is 26.2 Å². The van der Waals surface area contributed by atoms with Crippen molar-refractivity contribution in [3.63, 3.8) is 0 Å². The molecular formula is C13H12BrFN2. The number of halogens is 2. The first kappa shape index (κ1) is 12.0. The third-order valence-corrected chi connectivity index (χ3v) is 3.11. The maximum absolute atomic E-state index is 12.9. The molecule has 0 spiro atoms. The highest BCUT2D eigenvalue weighted by Crippen LogP contribution is 2.19. The molecule has 2 nitrogen and oxygen atoms in total. The summed E-state index contributed by atoms with van der Waals surface area (Å²) in [6, 6.07) is 6.70. The largest absolute Gasteiger partial charge is 0.380 e. The van der Waals surface area contributed by atoms with Crippen molar-refractivity contribution in [2.75, 3.05) is 5.32 Å². The van der Waals surface area contributed by atoms with Gasteiger partial charge in [-0.15, -0.1) is 0 Å². The summed E-state index contributed by atoms with van der Waals surface area (Å²) < 4.78 is 13.7. The number of aromatic nitrogens is 1. The zero-order valence-corrected chi connectivity index (χ0v) is 11.0. The Morgan fingerprint density at radius 3 is 2.82 bits per heavy atom. The van der Waals surface area contributed by atoms with E-state index in [0.29, 0.717) is 6.54 Å². The molecule has 0 unspecified atom stereocenters. The first-order valence-corrected chi connectivity index (χ1v) is 6.04. The summed E-state index contributed by atoms with van der Waals surface area (Å²) >= 11 is 3.34. The number of benzene rings is 1. The highest BCUT2D eigenvalue weighted by molar-refractivity contribution is 9.10. The van der Waals surface area contributed by atoms with Crippen LogP contribution in [0.5, 0.6) is 0 Å². The van der Waals surface area contributed by atoms with Crippen LogP contribution in [0.3, 0.4) is 0 Å². The van der Waals surface area contributed by atoms with Crippen LogP contribution in [-0.4, -0.2) is 4.98 Å². The van der Waals surface area contributed by atoms with E-state index < -0.39 is 0 Å². The maximum atomic E-state index is 12.9. The van der Waals surface area contributed by atoms with E-state index in [1.54, 1.807) is 18.5 Å². The maximum Gasteiger partial charge on any atom is 0.124 e. The molecule has 88 valence electrons. The van der Waals surface area contributed by atoms with Gasteiger partial charge in [-0.1, -0.05) is 22.0 Å². The molecular weight excluding hydrogens is 283 g/mol. The van der Waals surface area contributed by atoms with Crippen LogP contribution in [0, 0.1) is 12.7 Å². The molecule has 0 saturated heterocycles. The summed E-state index contributed by atoms with van der Waals surface area (Å²) in [6.45, 7) is 2.62. The number of nitrogens with zero attached hydrogens (tertiary/aromatic N) is 1. The normalized spacial score (nSPS) is 10.3. The van der Waals surface area contributed by atoms with Gasteiger partial charge < -0.3 is 5.32 Å². The zero-order chi connectivity index (χ0) is 12.3. The second-order valence-electron chi connectivity index (χ2n) is 3.84. The number of anilines is 1. The summed E-state index contributed by atoms with van der Waals surface area (Å²) in [4.78, 5) is 4.10. The van der Waals surface area contributed by atoms with Crippen molar-refractivity contribution in [1.82, 2.24) is 4.98 Å². The molecule has 0 aliphatic rings. The second-order valence-corrected chi connectivity index (χ2v) is 4.69. The Bertz CT molecular complexity index is 529. The van der Waals surface area contributed by atoms with Gasteiger partial charge in [0, 0.05) is 23.4 Å². The van der Waals surface area contributed by atoms with E-state index in [1.807, 2.05) is 13.0 Å². The lowest BCUT2D eigenvalue weighted by Gasteiger charge is -2.08. The molecule has 0 fully saturated rings. The molecule has 1 N–H and O–H groups in total. The minimum Gasteiger partial charge on any atom is -0.380 e. The van der Waals surface area contributed by atoms with E-state index in [4.69, 9.17) is 0 Å². The van der Waals surface area contributed by atoms with Crippen LogP contribution in [0.2, 0.25) is 0 Å². The number of aryl methyl sites for hydroxylation is 1. The summed E-state index contributed by atoms with van der Waals surface area (Å²) in [7, 11) is 0. The van der Waals surface area contributed by atoms with Crippen molar-refractivity contribution in [2.24, 2.45) is 0 Å². The molecule has 2 aromatic rings. The summed E-state index contributed by atoms with van der Waals surface area (Å²) in [5.74, 6) is -0.238. The lowest BCUT2D eigenvalue weighted by molar-refractivity contribution is 0.626. The summed E-state index contributed by atoms with van der Waals surface area (Å²) in [6.07, 6.45) is 3.57. The lowest BCUT2D eigenvalue weighted by Crippen LogP contribution is -2.01. The number of hydrogen-bond donors (Lipinski definition) is 1. The van der Waals surface area contributed by atoms with Crippen molar-refractivity contribution in [3.05, 3.63) is 58.1 Å². The van der Waals surface area contributed by atoms with Gasteiger partial charge in [0.05, 0.1) is 5.69 Å². The van der Waals surface area contributed by atoms with Gasteiger partial charge in [0.25, 0.3) is 0 Å². The van der Waals surface area contributed by atoms with Crippen LogP contribution in [0.25, 0.3) is 0 Å². The van der Waals surface area contributed by atoms with Crippen molar-refractivity contribution in [1.29, 1.82) is 0 Å². The van der Waals surface area contributed by atoms with Gasteiger partial charge in [0.1, 0.15) is 5.82 Å². The first-order valence-electron chi connectivity index (χ1n) is 5.24. The first-order chi connectivity index (χ1) is 8.15. The molecule has 0 radical (unpaired) electrons. The zero-order valence-electron chi connectivity index (χ0n) is 9.37. The highest BCUT2D eigenvalue weighted by atomic mass is 79.9. The van der Waals surface area contributed by atoms with Crippen LogP contribution in [-0.2, 0) is 6.54 Å². The number of rotatable bonds is 3. The van der Waals surface area contributed by atoms with Gasteiger partial charge >= 0.3 is 0 Å². The Balaban J connectivity index is 2.07. The molecule has 1 aromatic heterocycles. The van der Waals surface area contributed by atoms with E-state index >= 15 is 0 Å². The second kappa shape index (κ2) is 5.27. The van der Waals surface area contributed by atoms with E-state index in [9.17, 15) is 4.39 Å². The fourth-order valence-corrected chi connectivity index (χ4v) is 2.01. The number of hydrogen-bond acceptors (Lipinski definition) is 2. The third-order valence-electron chi connectivity index (χ3n) is 2.37. The van der Waals surface area contributed by atoms with Crippen molar-refractivity contribution < 1.29 is 4.39 Å². The molecule has 2 rings (SSSR count). The number of nitrogens with one attached hydrogen (secondary N) is 1. The van der Waals surface area contributed by atoms with Gasteiger partial charge in [-0.3, -0.25) is 4.98 Å². The standard InChI is InChI=1S/C13H12BrFN2/c1-9-4-12(8-16-6-9)17-7-10-2-3-11(15)5-13(10)14/h2-6,8,17H,7H2,1H3. The lowest BCUT2D eigenvalue weighted by atomic mass is 10.2. The highest BCUT2D eigenvalue weighted by Gasteiger charge is 2.01. The van der Waals surface area contributed by atoms with Crippen molar-refractivity contribution >= 4 is 21.6 Å². The van der Waals surface area contributed by atoms with Crippen molar-refractivity contribution in [3.8, 4) is 0 Å². The van der Waals surface area contributed by atoms with Gasteiger partial charge in [-0.05, 0) is 36.2 Å². The quantitative estimate of drug-likeness (QED) is 0.928. The molecule has 0 atom stereocenters. The third kappa shape index (κ3) is 3.27. The fraction of sp³-hybridized carbons (Fsp3) is 0.154. The molecule has 0 saturated carbocycles. The Morgan fingerprint density at radius 2 is 2.12 bits per heavy atom. The fourth-order valence-electron chi connectivity index (χ4n) is 1.51. The average molecular weight is 295 g/mol. The Morgan fingerprint density at radius 1 is 1.29 bits per heavy atom. The average Bonchev–Trinajstić information content (AvgIpc) is 2.28. The van der Waals surface area contributed by atoms with Gasteiger partial charge in [0.15, 0.2) is 0 Å². The minimum atomic E-state index is -0.238. The Labute approximate surface area is 108 Å². The van der Waals surface area contributed by atoms with Crippen LogP contribution in [0.4, 0.5) is 10.1 Å². The molecule has 1 aromatic carbocycles. The molecule has 0 bridgehead atoms. The van der Waals surface area contributed by atoms with Crippen LogP contribution in [0.1, 0.15) is 11.1 Å². The molecule has 0 aliphatic carbocycles. The molecule has 0 amide bonds. The summed E-state index contributed by atoms with van der Waals surface area (Å²) in [5, 5.41) is 3.25. The van der Waals surface area contributed by atoms with Crippen LogP contribution in [0.15, 0.2) is 41.1 Å². The Kier molecular flexibility index (Phi) is 3.74. The van der Waals surface area contributed by atoms with E-state index in [0.717, 1.165) is 21.3 Å². The monoisotopic (exact) mass is 294 g/mol. The van der Waals surface area contributed by atoms with Crippen LogP contribution < -0.4 is 5.32 Å². The van der Waals surface area contributed by atoms with Gasteiger partial charge in [-0.25, -0.2) is 4.39 Å². The molecule has 17 heavy (non-hydrogen) atoms. The topological polar surface area (TPSA) is 24.9 Å². The molecule has 4 heteroatoms.